The molecule has 2 rings (SSSR count). The van der Waals surface area contributed by atoms with Crippen LogP contribution >= 0.6 is 0 Å². The van der Waals surface area contributed by atoms with Crippen molar-refractivity contribution in [1.82, 2.24) is 4.90 Å². The molecular weight excluding hydrogens is 202 g/mol. The van der Waals surface area contributed by atoms with E-state index in [1.807, 2.05) is 12.1 Å². The Morgan fingerprint density at radius 1 is 1.62 bits per heavy atom. The van der Waals surface area contributed by atoms with Gasteiger partial charge in [-0.25, -0.2) is 0 Å². The van der Waals surface area contributed by atoms with Crippen molar-refractivity contribution >= 4 is 0 Å². The molecule has 1 aliphatic rings. The number of ether oxygens (including phenoxy) is 1. The Labute approximate surface area is 96.0 Å². The van der Waals surface area contributed by atoms with Gasteiger partial charge in [0.05, 0.1) is 12.4 Å². The van der Waals surface area contributed by atoms with Crippen LogP contribution in [0.5, 0.6) is 0 Å². The standard InChI is InChI=1S/C13H17NO2/c1-3-11(2)7-14-8-13(9-14)16-10-12-5-4-6-15-12/h3-6,13H,1-2,7-10H2. The highest BCUT2D eigenvalue weighted by atomic mass is 16.5. The van der Waals surface area contributed by atoms with Crippen LogP contribution in [0.4, 0.5) is 0 Å². The number of hydrogen-bond donors (Lipinski definition) is 0. The minimum atomic E-state index is 0.322. The molecule has 0 radical (unpaired) electrons. The molecule has 16 heavy (non-hydrogen) atoms. The van der Waals surface area contributed by atoms with Crippen molar-refractivity contribution in [3.63, 3.8) is 0 Å². The van der Waals surface area contributed by atoms with Crippen LogP contribution in [-0.4, -0.2) is 30.6 Å². The molecule has 86 valence electrons. The van der Waals surface area contributed by atoms with E-state index >= 15 is 0 Å². The van der Waals surface area contributed by atoms with Crippen molar-refractivity contribution in [1.29, 1.82) is 0 Å². The molecule has 2 heterocycles. The lowest BCUT2D eigenvalue weighted by Crippen LogP contribution is -2.52. The first-order valence-electron chi connectivity index (χ1n) is 5.44. The van der Waals surface area contributed by atoms with Crippen LogP contribution in [0.15, 0.2) is 47.6 Å². The van der Waals surface area contributed by atoms with Gasteiger partial charge in [-0.15, -0.1) is 0 Å². The summed E-state index contributed by atoms with van der Waals surface area (Å²) in [5.41, 5.74) is 1.06. The van der Waals surface area contributed by atoms with Gasteiger partial charge in [-0.2, -0.15) is 0 Å². The van der Waals surface area contributed by atoms with Crippen molar-refractivity contribution < 1.29 is 9.15 Å². The van der Waals surface area contributed by atoms with Crippen molar-refractivity contribution in [3.05, 3.63) is 49.0 Å². The van der Waals surface area contributed by atoms with Gasteiger partial charge in [-0.1, -0.05) is 19.2 Å². The highest BCUT2D eigenvalue weighted by Crippen LogP contribution is 2.15. The van der Waals surface area contributed by atoms with Crippen LogP contribution in [0.2, 0.25) is 0 Å². The first-order valence-corrected chi connectivity index (χ1v) is 5.44. The molecule has 0 N–H and O–H groups in total. The van der Waals surface area contributed by atoms with Gasteiger partial charge in [0.2, 0.25) is 0 Å². The average molecular weight is 219 g/mol. The highest BCUT2D eigenvalue weighted by Gasteiger charge is 2.27. The van der Waals surface area contributed by atoms with E-state index in [2.05, 4.69) is 18.1 Å². The number of likely N-dealkylation sites (tertiary alicyclic amines) is 1. The van der Waals surface area contributed by atoms with E-state index in [9.17, 15) is 0 Å². The van der Waals surface area contributed by atoms with Crippen LogP contribution in [0.25, 0.3) is 0 Å². The topological polar surface area (TPSA) is 25.6 Å². The maximum atomic E-state index is 5.68. The summed E-state index contributed by atoms with van der Waals surface area (Å²) >= 11 is 0. The zero-order chi connectivity index (χ0) is 11.4. The SMILES string of the molecule is C=CC(=C)CN1CC(OCc2ccco2)C1. The number of rotatable bonds is 6. The summed E-state index contributed by atoms with van der Waals surface area (Å²) in [6.45, 7) is 11.0. The molecule has 0 atom stereocenters. The van der Waals surface area contributed by atoms with Gasteiger partial charge in [-0.05, 0) is 17.7 Å². The maximum absolute atomic E-state index is 5.68. The number of nitrogens with zero attached hydrogens (tertiary/aromatic N) is 1. The van der Waals surface area contributed by atoms with Crippen LogP contribution in [0.3, 0.4) is 0 Å². The third-order valence-electron chi connectivity index (χ3n) is 2.68. The van der Waals surface area contributed by atoms with E-state index < -0.39 is 0 Å². The fourth-order valence-corrected chi connectivity index (χ4v) is 1.70. The Morgan fingerprint density at radius 3 is 3.06 bits per heavy atom. The molecule has 1 fully saturated rings. The maximum Gasteiger partial charge on any atom is 0.129 e. The van der Waals surface area contributed by atoms with Crippen LogP contribution in [0, 0.1) is 0 Å². The smallest absolute Gasteiger partial charge is 0.129 e. The second-order valence-electron chi connectivity index (χ2n) is 4.07. The first kappa shape index (κ1) is 11.2. The van der Waals surface area contributed by atoms with E-state index in [1.54, 1.807) is 12.3 Å². The number of hydrogen-bond acceptors (Lipinski definition) is 3. The lowest BCUT2D eigenvalue weighted by molar-refractivity contribution is -0.0630. The van der Waals surface area contributed by atoms with E-state index in [-0.39, 0.29) is 0 Å². The Bertz CT molecular complexity index is 350. The third-order valence-corrected chi connectivity index (χ3v) is 2.68. The molecule has 0 aromatic carbocycles. The molecule has 1 aromatic heterocycles. The summed E-state index contributed by atoms with van der Waals surface area (Å²) in [5, 5.41) is 0. The fourth-order valence-electron chi connectivity index (χ4n) is 1.70. The normalized spacial score (nSPS) is 17.0. The van der Waals surface area contributed by atoms with Gasteiger partial charge in [-0.3, -0.25) is 4.90 Å². The van der Waals surface area contributed by atoms with E-state index in [0.717, 1.165) is 31.0 Å². The summed E-state index contributed by atoms with van der Waals surface area (Å²) in [7, 11) is 0. The van der Waals surface area contributed by atoms with Crippen molar-refractivity contribution in [2.45, 2.75) is 12.7 Å². The van der Waals surface area contributed by atoms with E-state index in [4.69, 9.17) is 9.15 Å². The summed E-state index contributed by atoms with van der Waals surface area (Å²) in [6, 6.07) is 3.80. The van der Waals surface area contributed by atoms with E-state index in [1.165, 1.54) is 0 Å². The summed E-state index contributed by atoms with van der Waals surface area (Å²) in [4.78, 5) is 2.29. The minimum absolute atomic E-state index is 0.322. The van der Waals surface area contributed by atoms with Crippen LogP contribution < -0.4 is 0 Å². The van der Waals surface area contributed by atoms with Gasteiger partial charge in [0, 0.05) is 19.6 Å². The van der Waals surface area contributed by atoms with Crippen molar-refractivity contribution in [3.8, 4) is 0 Å². The molecule has 0 unspecified atom stereocenters. The largest absolute Gasteiger partial charge is 0.467 e. The predicted molar refractivity (Wildman–Crippen MR) is 63.1 cm³/mol. The monoisotopic (exact) mass is 219 g/mol. The van der Waals surface area contributed by atoms with Gasteiger partial charge in [0.25, 0.3) is 0 Å². The van der Waals surface area contributed by atoms with Gasteiger partial charge >= 0.3 is 0 Å². The molecule has 1 aliphatic heterocycles. The molecule has 0 aliphatic carbocycles. The van der Waals surface area contributed by atoms with Crippen LogP contribution in [0.1, 0.15) is 5.76 Å². The second-order valence-corrected chi connectivity index (χ2v) is 4.07. The van der Waals surface area contributed by atoms with Crippen molar-refractivity contribution in [2.75, 3.05) is 19.6 Å². The zero-order valence-electron chi connectivity index (χ0n) is 9.39. The third kappa shape index (κ3) is 2.84. The Hall–Kier alpha value is -1.32. The summed E-state index contributed by atoms with van der Waals surface area (Å²) < 4.78 is 10.9. The lowest BCUT2D eigenvalue weighted by atomic mass is 10.1. The Morgan fingerprint density at radius 2 is 2.44 bits per heavy atom. The van der Waals surface area contributed by atoms with Gasteiger partial charge in [0.15, 0.2) is 0 Å². The quantitative estimate of drug-likeness (QED) is 0.686. The summed E-state index contributed by atoms with van der Waals surface area (Å²) in [6.07, 6.45) is 3.79. The van der Waals surface area contributed by atoms with Gasteiger partial charge < -0.3 is 9.15 Å². The predicted octanol–water partition coefficient (Wildman–Crippen LogP) is 2.22. The molecular formula is C13H17NO2. The average Bonchev–Trinajstić information content (AvgIpc) is 2.73. The fraction of sp³-hybridized carbons (Fsp3) is 0.385. The molecule has 3 heteroatoms. The lowest BCUT2D eigenvalue weighted by Gasteiger charge is -2.38. The summed E-state index contributed by atoms with van der Waals surface area (Å²) in [5.74, 6) is 0.883. The Balaban J connectivity index is 1.62. The second kappa shape index (κ2) is 5.14. The molecule has 0 bridgehead atoms. The molecule has 0 spiro atoms. The molecule has 3 nitrogen and oxygen atoms in total. The molecule has 0 amide bonds. The molecule has 1 aromatic rings. The minimum Gasteiger partial charge on any atom is -0.467 e. The Kier molecular flexibility index (Phi) is 3.59. The molecule has 0 saturated carbocycles. The zero-order valence-corrected chi connectivity index (χ0v) is 9.39. The molecule has 1 saturated heterocycles. The van der Waals surface area contributed by atoms with Crippen molar-refractivity contribution in [2.24, 2.45) is 0 Å². The first-order chi connectivity index (χ1) is 7.78. The number of furan rings is 1. The van der Waals surface area contributed by atoms with Crippen LogP contribution in [-0.2, 0) is 11.3 Å². The van der Waals surface area contributed by atoms with E-state index in [0.29, 0.717) is 12.7 Å². The van der Waals surface area contributed by atoms with Gasteiger partial charge in [0.1, 0.15) is 12.4 Å². The highest BCUT2D eigenvalue weighted by molar-refractivity contribution is 5.13.